The monoisotopic (exact) mass is 285 g/mol. The van der Waals surface area contributed by atoms with Crippen LogP contribution < -0.4 is 5.32 Å². The van der Waals surface area contributed by atoms with Crippen molar-refractivity contribution in [2.75, 3.05) is 5.32 Å². The van der Waals surface area contributed by atoms with Crippen LogP contribution in [-0.4, -0.2) is 26.8 Å². The fraction of sp³-hybridized carbons (Fsp3) is 0.133. The highest BCUT2D eigenvalue weighted by Crippen LogP contribution is 2.18. The molecule has 0 radical (unpaired) electrons. The second kappa shape index (κ2) is 6.04. The molecule has 0 aliphatic rings. The molecule has 6 nitrogen and oxygen atoms in total. The Morgan fingerprint density at radius 2 is 2.10 bits per heavy atom. The van der Waals surface area contributed by atoms with Crippen LogP contribution in [-0.2, 0) is 11.8 Å². The molecule has 0 saturated heterocycles. The van der Waals surface area contributed by atoms with E-state index in [0.717, 1.165) is 17.2 Å². The van der Waals surface area contributed by atoms with Gasteiger partial charge in [-0.05, 0) is 42.3 Å². The molecule has 2 aromatic rings. The summed E-state index contributed by atoms with van der Waals surface area (Å²) in [6, 6.07) is 6.90. The highest BCUT2D eigenvalue weighted by molar-refractivity contribution is 6.03. The van der Waals surface area contributed by atoms with Crippen LogP contribution in [0, 0.1) is 6.92 Å². The standard InChI is InChI=1S/C15H15N3O3/c1-10-9-11(4-6-14(19)20)3-5-12(10)16-15(21)13-7-8-18(2)17-13/h3-9H,1-2H3,(H,16,21)(H,19,20)/b6-4+. The second-order valence-corrected chi connectivity index (χ2v) is 4.57. The van der Waals surface area contributed by atoms with Crippen LogP contribution in [0.4, 0.5) is 5.69 Å². The number of aryl methyl sites for hydroxylation is 2. The molecule has 1 aromatic heterocycles. The zero-order valence-corrected chi connectivity index (χ0v) is 11.7. The van der Waals surface area contributed by atoms with Crippen LogP contribution in [0.1, 0.15) is 21.6 Å². The number of hydrogen-bond donors (Lipinski definition) is 2. The van der Waals surface area contributed by atoms with E-state index in [2.05, 4.69) is 10.4 Å². The molecule has 0 aliphatic carbocycles. The summed E-state index contributed by atoms with van der Waals surface area (Å²) < 4.78 is 1.56. The molecule has 0 unspecified atom stereocenters. The van der Waals surface area contributed by atoms with Crippen molar-refractivity contribution in [3.63, 3.8) is 0 Å². The van der Waals surface area contributed by atoms with Crippen molar-refractivity contribution in [1.82, 2.24) is 9.78 Å². The van der Waals surface area contributed by atoms with Gasteiger partial charge >= 0.3 is 5.97 Å². The molecule has 1 heterocycles. The van der Waals surface area contributed by atoms with E-state index in [1.807, 2.05) is 6.92 Å². The van der Waals surface area contributed by atoms with Gasteiger partial charge in [-0.2, -0.15) is 5.10 Å². The van der Waals surface area contributed by atoms with E-state index >= 15 is 0 Å². The predicted molar refractivity (Wildman–Crippen MR) is 79.0 cm³/mol. The maximum Gasteiger partial charge on any atom is 0.328 e. The number of carbonyl (C=O) groups excluding carboxylic acids is 1. The molecule has 0 fully saturated rings. The molecule has 0 bridgehead atoms. The van der Waals surface area contributed by atoms with Gasteiger partial charge in [0.2, 0.25) is 0 Å². The average Bonchev–Trinajstić information content (AvgIpc) is 2.86. The summed E-state index contributed by atoms with van der Waals surface area (Å²) in [5, 5.41) is 15.4. The number of carboxylic acids is 1. The van der Waals surface area contributed by atoms with Crippen molar-refractivity contribution < 1.29 is 14.7 Å². The van der Waals surface area contributed by atoms with E-state index in [1.165, 1.54) is 6.08 Å². The van der Waals surface area contributed by atoms with Crippen LogP contribution in [0.5, 0.6) is 0 Å². The van der Waals surface area contributed by atoms with Crippen molar-refractivity contribution in [1.29, 1.82) is 0 Å². The number of anilines is 1. The number of aliphatic carboxylic acids is 1. The number of hydrogen-bond acceptors (Lipinski definition) is 3. The smallest absolute Gasteiger partial charge is 0.328 e. The van der Waals surface area contributed by atoms with Gasteiger partial charge in [0.25, 0.3) is 5.91 Å². The third-order valence-corrected chi connectivity index (χ3v) is 2.86. The van der Waals surface area contributed by atoms with Gasteiger partial charge in [-0.3, -0.25) is 9.48 Å². The number of benzene rings is 1. The molecule has 1 amide bonds. The largest absolute Gasteiger partial charge is 0.478 e. The Kier molecular flexibility index (Phi) is 4.18. The lowest BCUT2D eigenvalue weighted by Gasteiger charge is -2.08. The number of nitrogens with one attached hydrogen (secondary N) is 1. The maximum atomic E-state index is 12.0. The molecule has 108 valence electrons. The third kappa shape index (κ3) is 3.79. The lowest BCUT2D eigenvalue weighted by molar-refractivity contribution is -0.131. The summed E-state index contributed by atoms with van der Waals surface area (Å²) >= 11 is 0. The van der Waals surface area contributed by atoms with Crippen molar-refractivity contribution in [3.8, 4) is 0 Å². The fourth-order valence-electron chi connectivity index (χ4n) is 1.82. The fourth-order valence-corrected chi connectivity index (χ4v) is 1.82. The first-order valence-electron chi connectivity index (χ1n) is 6.28. The van der Waals surface area contributed by atoms with Crippen molar-refractivity contribution >= 4 is 23.6 Å². The first-order valence-corrected chi connectivity index (χ1v) is 6.28. The Labute approximate surface area is 121 Å². The van der Waals surface area contributed by atoms with Gasteiger partial charge in [-0.25, -0.2) is 4.79 Å². The maximum absolute atomic E-state index is 12.0. The lowest BCUT2D eigenvalue weighted by atomic mass is 10.1. The minimum Gasteiger partial charge on any atom is -0.478 e. The summed E-state index contributed by atoms with van der Waals surface area (Å²) in [5.41, 5.74) is 2.60. The Bertz CT molecular complexity index is 717. The second-order valence-electron chi connectivity index (χ2n) is 4.57. The molecular weight excluding hydrogens is 270 g/mol. The third-order valence-electron chi connectivity index (χ3n) is 2.86. The summed E-state index contributed by atoms with van der Waals surface area (Å²) in [6.07, 6.45) is 4.27. The predicted octanol–water partition coefficient (Wildman–Crippen LogP) is 2.08. The molecule has 0 atom stereocenters. The van der Waals surface area contributed by atoms with Gasteiger partial charge in [0.15, 0.2) is 5.69 Å². The van der Waals surface area contributed by atoms with E-state index in [4.69, 9.17) is 5.11 Å². The summed E-state index contributed by atoms with van der Waals surface area (Å²) in [7, 11) is 1.74. The van der Waals surface area contributed by atoms with Crippen LogP contribution in [0.2, 0.25) is 0 Å². The number of carboxylic acid groups (broad SMARTS) is 1. The van der Waals surface area contributed by atoms with Gasteiger partial charge < -0.3 is 10.4 Å². The minimum atomic E-state index is -1.000. The Balaban J connectivity index is 2.14. The molecule has 0 aliphatic heterocycles. The van der Waals surface area contributed by atoms with E-state index in [0.29, 0.717) is 11.4 Å². The molecule has 21 heavy (non-hydrogen) atoms. The first kappa shape index (κ1) is 14.5. The van der Waals surface area contributed by atoms with Gasteiger partial charge in [-0.1, -0.05) is 6.07 Å². The van der Waals surface area contributed by atoms with Gasteiger partial charge in [0.1, 0.15) is 0 Å². The number of amides is 1. The van der Waals surface area contributed by atoms with E-state index in [1.54, 1.807) is 42.2 Å². The molecule has 0 spiro atoms. The Morgan fingerprint density at radius 3 is 2.67 bits per heavy atom. The van der Waals surface area contributed by atoms with Gasteiger partial charge in [0, 0.05) is 25.0 Å². The number of aromatic nitrogens is 2. The average molecular weight is 285 g/mol. The Morgan fingerprint density at radius 1 is 1.33 bits per heavy atom. The van der Waals surface area contributed by atoms with Crippen LogP contribution >= 0.6 is 0 Å². The highest BCUT2D eigenvalue weighted by Gasteiger charge is 2.10. The molecule has 2 rings (SSSR count). The summed E-state index contributed by atoms with van der Waals surface area (Å²) in [6.45, 7) is 1.84. The van der Waals surface area contributed by atoms with Crippen LogP contribution in [0.25, 0.3) is 6.08 Å². The topological polar surface area (TPSA) is 84.2 Å². The minimum absolute atomic E-state index is 0.285. The summed E-state index contributed by atoms with van der Waals surface area (Å²) in [4.78, 5) is 22.5. The zero-order valence-electron chi connectivity index (χ0n) is 11.7. The lowest BCUT2D eigenvalue weighted by Crippen LogP contribution is -2.13. The normalized spacial score (nSPS) is 10.8. The van der Waals surface area contributed by atoms with Crippen LogP contribution in [0.15, 0.2) is 36.5 Å². The van der Waals surface area contributed by atoms with Crippen molar-refractivity contribution in [2.24, 2.45) is 7.05 Å². The SMILES string of the molecule is Cc1cc(/C=C/C(=O)O)ccc1NC(=O)c1ccn(C)n1. The number of nitrogens with zero attached hydrogens (tertiary/aromatic N) is 2. The Hall–Kier alpha value is -2.89. The van der Waals surface area contributed by atoms with E-state index in [-0.39, 0.29) is 5.91 Å². The van der Waals surface area contributed by atoms with Crippen LogP contribution in [0.3, 0.4) is 0 Å². The molecule has 2 N–H and O–H groups in total. The molecule has 0 saturated carbocycles. The van der Waals surface area contributed by atoms with Gasteiger partial charge in [-0.15, -0.1) is 0 Å². The van der Waals surface area contributed by atoms with E-state index < -0.39 is 5.97 Å². The molecule has 1 aromatic carbocycles. The molecule has 6 heteroatoms. The number of carbonyl (C=O) groups is 2. The van der Waals surface area contributed by atoms with Crippen molar-refractivity contribution in [3.05, 3.63) is 53.4 Å². The first-order chi connectivity index (χ1) is 9.95. The van der Waals surface area contributed by atoms with Crippen molar-refractivity contribution in [2.45, 2.75) is 6.92 Å². The van der Waals surface area contributed by atoms with E-state index in [9.17, 15) is 9.59 Å². The zero-order chi connectivity index (χ0) is 15.4. The summed E-state index contributed by atoms with van der Waals surface area (Å²) in [5.74, 6) is -1.28. The highest BCUT2D eigenvalue weighted by atomic mass is 16.4. The number of rotatable bonds is 4. The molecular formula is C15H15N3O3. The van der Waals surface area contributed by atoms with Gasteiger partial charge in [0.05, 0.1) is 0 Å². The quantitative estimate of drug-likeness (QED) is 0.842.